The standard InChI is InChI=1S/C9H18NO6P/c1-5-15-17(12,16-6-2)7-8(10-14-4)9(11)13-3/h5-7H2,1-4H3/b10-8-. The zero-order chi connectivity index (χ0) is 13.3. The fourth-order valence-electron chi connectivity index (χ4n) is 1.06. The van der Waals surface area contributed by atoms with E-state index in [0.717, 1.165) is 0 Å². The van der Waals surface area contributed by atoms with Crippen molar-refractivity contribution in [1.82, 2.24) is 0 Å². The summed E-state index contributed by atoms with van der Waals surface area (Å²) in [5.41, 5.74) is -0.139. The number of hydrogen-bond acceptors (Lipinski definition) is 7. The van der Waals surface area contributed by atoms with Gasteiger partial charge in [-0.25, -0.2) is 4.79 Å². The van der Waals surface area contributed by atoms with Crippen LogP contribution in [0, 0.1) is 0 Å². The van der Waals surface area contributed by atoms with Crippen LogP contribution in [0.4, 0.5) is 0 Å². The van der Waals surface area contributed by atoms with Crippen molar-refractivity contribution in [2.24, 2.45) is 5.16 Å². The number of carbonyl (C=O) groups is 1. The van der Waals surface area contributed by atoms with E-state index < -0.39 is 13.6 Å². The third-order valence-corrected chi connectivity index (χ3v) is 3.61. The molecule has 0 amide bonds. The van der Waals surface area contributed by atoms with Gasteiger partial charge in [-0.05, 0) is 13.8 Å². The highest BCUT2D eigenvalue weighted by Crippen LogP contribution is 2.47. The summed E-state index contributed by atoms with van der Waals surface area (Å²) in [6.45, 7) is 3.77. The van der Waals surface area contributed by atoms with Gasteiger partial charge < -0.3 is 18.6 Å². The van der Waals surface area contributed by atoms with Crippen molar-refractivity contribution in [3.05, 3.63) is 0 Å². The third-order valence-electron chi connectivity index (χ3n) is 1.62. The fraction of sp³-hybridized carbons (Fsp3) is 0.778. The van der Waals surface area contributed by atoms with Gasteiger partial charge in [0, 0.05) is 0 Å². The Kier molecular flexibility index (Phi) is 7.78. The summed E-state index contributed by atoms with van der Waals surface area (Å²) in [4.78, 5) is 15.8. The summed E-state index contributed by atoms with van der Waals surface area (Å²) in [5.74, 6) is -0.730. The van der Waals surface area contributed by atoms with Crippen molar-refractivity contribution in [1.29, 1.82) is 0 Å². The lowest BCUT2D eigenvalue weighted by molar-refractivity contribution is -0.132. The van der Waals surface area contributed by atoms with Gasteiger partial charge in [0.25, 0.3) is 0 Å². The van der Waals surface area contributed by atoms with Crippen LogP contribution in [0.25, 0.3) is 0 Å². The van der Waals surface area contributed by atoms with Crippen molar-refractivity contribution in [2.75, 3.05) is 33.6 Å². The summed E-state index contributed by atoms with van der Waals surface area (Å²) in [6.07, 6.45) is -0.283. The molecule has 0 fully saturated rings. The molecule has 0 atom stereocenters. The molecule has 100 valence electrons. The summed E-state index contributed by atoms with van der Waals surface area (Å²) >= 11 is 0. The number of hydrogen-bond donors (Lipinski definition) is 0. The van der Waals surface area contributed by atoms with Crippen LogP contribution in [0.3, 0.4) is 0 Å². The Labute approximate surface area is 101 Å². The predicted octanol–water partition coefficient (Wildman–Crippen LogP) is 1.43. The van der Waals surface area contributed by atoms with Crippen molar-refractivity contribution >= 4 is 19.3 Å². The zero-order valence-electron chi connectivity index (χ0n) is 10.5. The minimum absolute atomic E-state index is 0.139. The highest BCUT2D eigenvalue weighted by Gasteiger charge is 2.30. The van der Waals surface area contributed by atoms with Crippen LogP contribution in [0.15, 0.2) is 5.16 Å². The Bertz CT molecular complexity index is 307. The zero-order valence-corrected chi connectivity index (χ0v) is 11.4. The van der Waals surface area contributed by atoms with E-state index in [4.69, 9.17) is 9.05 Å². The van der Waals surface area contributed by atoms with Gasteiger partial charge in [-0.2, -0.15) is 0 Å². The number of methoxy groups -OCH3 is 1. The molecule has 0 aliphatic rings. The van der Waals surface area contributed by atoms with Gasteiger partial charge in [0.05, 0.1) is 20.3 Å². The molecular weight excluding hydrogens is 249 g/mol. The molecule has 7 nitrogen and oxygen atoms in total. The van der Waals surface area contributed by atoms with Crippen molar-refractivity contribution in [3.8, 4) is 0 Å². The average Bonchev–Trinajstić information content (AvgIpc) is 2.28. The Balaban J connectivity index is 4.86. The lowest BCUT2D eigenvalue weighted by Gasteiger charge is -2.16. The van der Waals surface area contributed by atoms with Gasteiger partial charge in [-0.1, -0.05) is 5.16 Å². The first-order valence-corrected chi connectivity index (χ1v) is 6.82. The fourth-order valence-corrected chi connectivity index (χ4v) is 2.66. The van der Waals surface area contributed by atoms with E-state index >= 15 is 0 Å². The number of oxime groups is 1. The van der Waals surface area contributed by atoms with Gasteiger partial charge in [0.2, 0.25) is 0 Å². The third kappa shape index (κ3) is 5.81. The Hall–Kier alpha value is -0.910. The first kappa shape index (κ1) is 16.1. The smallest absolute Gasteiger partial charge is 0.356 e. The maximum absolute atomic E-state index is 12.1. The van der Waals surface area contributed by atoms with Crippen molar-refractivity contribution < 1.29 is 28.0 Å². The molecule has 0 radical (unpaired) electrons. The number of ether oxygens (including phenoxy) is 1. The van der Waals surface area contributed by atoms with Crippen molar-refractivity contribution in [2.45, 2.75) is 13.8 Å². The van der Waals surface area contributed by atoms with Crippen LogP contribution in [0.5, 0.6) is 0 Å². The second-order valence-corrected chi connectivity index (χ2v) is 4.87. The van der Waals surface area contributed by atoms with E-state index in [1.54, 1.807) is 13.8 Å². The van der Waals surface area contributed by atoms with Crippen LogP contribution >= 0.6 is 7.60 Å². The van der Waals surface area contributed by atoms with Crippen LogP contribution in [-0.4, -0.2) is 45.3 Å². The number of rotatable bonds is 8. The Morgan fingerprint density at radius 2 is 1.71 bits per heavy atom. The lowest BCUT2D eigenvalue weighted by atomic mass is 10.4. The molecule has 0 saturated heterocycles. The highest BCUT2D eigenvalue weighted by atomic mass is 31.2. The topological polar surface area (TPSA) is 83.4 Å². The first-order chi connectivity index (χ1) is 8.02. The maximum Gasteiger partial charge on any atom is 0.356 e. The number of carbonyl (C=O) groups excluding carboxylic acids is 1. The van der Waals surface area contributed by atoms with E-state index in [-0.39, 0.29) is 25.1 Å². The molecule has 0 rings (SSSR count). The lowest BCUT2D eigenvalue weighted by Crippen LogP contribution is -2.21. The van der Waals surface area contributed by atoms with Crippen LogP contribution < -0.4 is 0 Å². The summed E-state index contributed by atoms with van der Waals surface area (Å²) in [5, 5.41) is 3.45. The van der Waals surface area contributed by atoms with E-state index in [0.29, 0.717) is 0 Å². The molecule has 0 bridgehead atoms. The monoisotopic (exact) mass is 267 g/mol. The predicted molar refractivity (Wildman–Crippen MR) is 62.2 cm³/mol. The van der Waals surface area contributed by atoms with E-state index in [1.165, 1.54) is 14.2 Å². The molecule has 17 heavy (non-hydrogen) atoms. The molecule has 0 aromatic heterocycles. The number of esters is 1. The summed E-state index contributed by atoms with van der Waals surface area (Å²) in [6, 6.07) is 0. The van der Waals surface area contributed by atoms with E-state index in [1.807, 2.05) is 0 Å². The minimum atomic E-state index is -3.38. The van der Waals surface area contributed by atoms with Crippen LogP contribution in [0.2, 0.25) is 0 Å². The number of nitrogens with zero attached hydrogens (tertiary/aromatic N) is 1. The minimum Gasteiger partial charge on any atom is -0.464 e. The molecule has 0 spiro atoms. The molecule has 0 aliphatic heterocycles. The normalized spacial score (nSPS) is 12.4. The molecule has 0 N–H and O–H groups in total. The summed E-state index contributed by atoms with van der Waals surface area (Å²) < 4.78 is 26.7. The molecule has 0 aromatic carbocycles. The Morgan fingerprint density at radius 3 is 2.06 bits per heavy atom. The van der Waals surface area contributed by atoms with Crippen LogP contribution in [0.1, 0.15) is 13.8 Å². The SMILES string of the molecule is CCOP(=O)(C/C(=N/OC)C(=O)OC)OCC. The largest absolute Gasteiger partial charge is 0.464 e. The van der Waals surface area contributed by atoms with Crippen LogP contribution in [-0.2, 0) is 28.0 Å². The molecule has 0 aromatic rings. The van der Waals surface area contributed by atoms with Gasteiger partial charge in [0.15, 0.2) is 5.71 Å². The Morgan fingerprint density at radius 1 is 1.18 bits per heavy atom. The second kappa shape index (κ2) is 8.22. The molecule has 0 saturated carbocycles. The first-order valence-electron chi connectivity index (χ1n) is 5.09. The van der Waals surface area contributed by atoms with E-state index in [9.17, 15) is 9.36 Å². The highest BCUT2D eigenvalue weighted by molar-refractivity contribution is 7.55. The van der Waals surface area contributed by atoms with Gasteiger partial charge in [-0.15, -0.1) is 0 Å². The van der Waals surface area contributed by atoms with Crippen molar-refractivity contribution in [3.63, 3.8) is 0 Å². The quantitative estimate of drug-likeness (QED) is 0.286. The van der Waals surface area contributed by atoms with Gasteiger partial charge in [0.1, 0.15) is 13.3 Å². The molecule has 8 heteroatoms. The molecule has 0 aliphatic carbocycles. The average molecular weight is 267 g/mol. The van der Waals surface area contributed by atoms with Gasteiger partial charge in [-0.3, -0.25) is 4.57 Å². The maximum atomic E-state index is 12.1. The van der Waals surface area contributed by atoms with E-state index in [2.05, 4.69) is 14.7 Å². The molecule has 0 heterocycles. The second-order valence-electron chi connectivity index (χ2n) is 2.82. The molecular formula is C9H18NO6P. The molecule has 0 unspecified atom stereocenters. The summed E-state index contributed by atoms with van der Waals surface area (Å²) in [7, 11) is -0.917. The van der Waals surface area contributed by atoms with Gasteiger partial charge >= 0.3 is 13.6 Å².